The molecule has 5 nitrogen and oxygen atoms in total. The third-order valence-electron chi connectivity index (χ3n) is 4.14. The highest BCUT2D eigenvalue weighted by Gasteiger charge is 2.36. The van der Waals surface area contributed by atoms with Gasteiger partial charge in [-0.25, -0.2) is 4.39 Å². The van der Waals surface area contributed by atoms with Crippen LogP contribution in [-0.2, 0) is 11.3 Å². The van der Waals surface area contributed by atoms with Crippen molar-refractivity contribution in [2.45, 2.75) is 38.0 Å². The molecule has 1 aliphatic heterocycles. The third kappa shape index (κ3) is 4.76. The maximum atomic E-state index is 12.8. The summed E-state index contributed by atoms with van der Waals surface area (Å²) in [6, 6.07) is 6.00. The second kappa shape index (κ2) is 7.17. The van der Waals surface area contributed by atoms with Gasteiger partial charge in [0.05, 0.1) is 11.7 Å². The van der Waals surface area contributed by atoms with Crippen molar-refractivity contribution in [3.05, 3.63) is 35.6 Å². The molecule has 0 saturated carbocycles. The lowest BCUT2D eigenvalue weighted by atomic mass is 9.91. The first-order chi connectivity index (χ1) is 10.4. The fourth-order valence-electron chi connectivity index (χ4n) is 2.44. The van der Waals surface area contributed by atoms with Gasteiger partial charge in [0.15, 0.2) is 0 Å². The normalized spacial score (nSPS) is 25.9. The van der Waals surface area contributed by atoms with E-state index in [1.807, 2.05) is 4.90 Å². The summed E-state index contributed by atoms with van der Waals surface area (Å²) in [6.07, 6.45) is 0.0325. The van der Waals surface area contributed by atoms with Gasteiger partial charge in [-0.3, -0.25) is 4.79 Å². The predicted octanol–water partition coefficient (Wildman–Crippen LogP) is 0.650. The van der Waals surface area contributed by atoms with Gasteiger partial charge >= 0.3 is 0 Å². The predicted molar refractivity (Wildman–Crippen MR) is 80.6 cm³/mol. The third-order valence-corrected chi connectivity index (χ3v) is 4.14. The molecule has 0 spiro atoms. The lowest BCUT2D eigenvalue weighted by molar-refractivity contribution is -0.123. The van der Waals surface area contributed by atoms with Crippen LogP contribution in [0, 0.1) is 5.82 Å². The van der Waals surface area contributed by atoms with Crippen molar-refractivity contribution in [3.8, 4) is 0 Å². The molecule has 1 aliphatic rings. The Hall–Kier alpha value is -1.50. The summed E-state index contributed by atoms with van der Waals surface area (Å²) in [4.78, 5) is 13.8. The number of β-amino-alcohol motifs (C(OH)–C–C–N with tert-alkyl or cyclic N) is 1. The number of aliphatic hydroxyl groups excluding tert-OH is 1. The van der Waals surface area contributed by atoms with Crippen molar-refractivity contribution in [1.82, 2.24) is 10.2 Å². The minimum Gasteiger partial charge on any atom is -0.389 e. The molecule has 0 unspecified atom stereocenters. The van der Waals surface area contributed by atoms with Crippen LogP contribution < -0.4 is 5.32 Å². The number of rotatable bonds is 5. The van der Waals surface area contributed by atoms with Crippen molar-refractivity contribution >= 4 is 5.91 Å². The summed E-state index contributed by atoms with van der Waals surface area (Å²) < 4.78 is 12.8. The molecule has 2 atom stereocenters. The Morgan fingerprint density at radius 2 is 2.14 bits per heavy atom. The minimum atomic E-state index is -1.04. The SMILES string of the molecule is C[C@@]1(O)CCN(CCC(=O)NCc2ccc(F)cc2)C[C@@H]1O. The number of halogens is 1. The summed E-state index contributed by atoms with van der Waals surface area (Å²) >= 11 is 0. The van der Waals surface area contributed by atoms with E-state index in [4.69, 9.17) is 0 Å². The smallest absolute Gasteiger partial charge is 0.221 e. The molecule has 122 valence electrons. The van der Waals surface area contributed by atoms with Crippen molar-refractivity contribution < 1.29 is 19.4 Å². The molecule has 0 aromatic heterocycles. The Morgan fingerprint density at radius 3 is 2.77 bits per heavy atom. The van der Waals surface area contributed by atoms with Crippen molar-refractivity contribution in [3.63, 3.8) is 0 Å². The topological polar surface area (TPSA) is 72.8 Å². The van der Waals surface area contributed by atoms with Crippen molar-refractivity contribution in [2.24, 2.45) is 0 Å². The molecule has 0 radical (unpaired) electrons. The monoisotopic (exact) mass is 310 g/mol. The van der Waals surface area contributed by atoms with E-state index in [2.05, 4.69) is 5.32 Å². The van der Waals surface area contributed by atoms with Crippen LogP contribution in [0.25, 0.3) is 0 Å². The summed E-state index contributed by atoms with van der Waals surface area (Å²) in [6.45, 7) is 3.58. The molecule has 0 bridgehead atoms. The first-order valence-electron chi connectivity index (χ1n) is 7.51. The molecule has 1 aromatic carbocycles. The van der Waals surface area contributed by atoms with Crippen molar-refractivity contribution in [1.29, 1.82) is 0 Å². The van der Waals surface area contributed by atoms with Gasteiger partial charge in [0.25, 0.3) is 0 Å². The number of nitrogens with zero attached hydrogens (tertiary/aromatic N) is 1. The molecule has 3 N–H and O–H groups in total. The average Bonchev–Trinajstić information content (AvgIpc) is 2.48. The molecular formula is C16H23FN2O3. The molecule has 1 heterocycles. The zero-order valence-electron chi connectivity index (χ0n) is 12.8. The van der Waals surface area contributed by atoms with E-state index in [0.29, 0.717) is 39.0 Å². The summed E-state index contributed by atoms with van der Waals surface area (Å²) in [5.74, 6) is -0.384. The average molecular weight is 310 g/mol. The van der Waals surface area contributed by atoms with Gasteiger partial charge in [-0.15, -0.1) is 0 Å². The lowest BCUT2D eigenvalue weighted by Crippen LogP contribution is -2.54. The first-order valence-corrected chi connectivity index (χ1v) is 7.51. The largest absolute Gasteiger partial charge is 0.389 e. The van der Waals surface area contributed by atoms with E-state index >= 15 is 0 Å². The highest BCUT2D eigenvalue weighted by Crippen LogP contribution is 2.21. The summed E-state index contributed by atoms with van der Waals surface area (Å²) in [5.41, 5.74) is -0.194. The van der Waals surface area contributed by atoms with Crippen LogP contribution in [0.2, 0.25) is 0 Å². The molecular weight excluding hydrogens is 287 g/mol. The number of hydrogen-bond donors (Lipinski definition) is 3. The maximum absolute atomic E-state index is 12.8. The van der Waals surface area contributed by atoms with Crippen LogP contribution in [0.3, 0.4) is 0 Å². The van der Waals surface area contributed by atoms with Gasteiger partial charge in [0.2, 0.25) is 5.91 Å². The van der Waals surface area contributed by atoms with Crippen molar-refractivity contribution in [2.75, 3.05) is 19.6 Å². The zero-order chi connectivity index (χ0) is 16.2. The Balaban J connectivity index is 1.69. The molecule has 6 heteroatoms. The number of nitrogens with one attached hydrogen (secondary N) is 1. The standard InChI is InChI=1S/C16H23FN2O3/c1-16(22)7-9-19(11-14(16)20)8-6-15(21)18-10-12-2-4-13(17)5-3-12/h2-5,14,20,22H,6-11H2,1H3,(H,18,21)/t14-,16+/m0/s1. The zero-order valence-corrected chi connectivity index (χ0v) is 12.8. The number of piperidine rings is 1. The highest BCUT2D eigenvalue weighted by atomic mass is 19.1. The molecule has 22 heavy (non-hydrogen) atoms. The second-order valence-corrected chi connectivity index (χ2v) is 6.08. The maximum Gasteiger partial charge on any atom is 0.221 e. The van der Waals surface area contributed by atoms with Crippen LogP contribution in [0.1, 0.15) is 25.3 Å². The molecule has 0 aliphatic carbocycles. The Labute approximate surface area is 129 Å². The molecule has 2 rings (SSSR count). The van der Waals surface area contributed by atoms with E-state index < -0.39 is 11.7 Å². The minimum absolute atomic E-state index is 0.0869. The Bertz CT molecular complexity index is 505. The number of aliphatic hydroxyl groups is 2. The number of amides is 1. The lowest BCUT2D eigenvalue weighted by Gasteiger charge is -2.39. The number of carbonyl (C=O) groups excluding carboxylic acids is 1. The molecule has 1 amide bonds. The second-order valence-electron chi connectivity index (χ2n) is 6.08. The van der Waals surface area contributed by atoms with Crippen LogP contribution in [0.5, 0.6) is 0 Å². The van der Waals surface area contributed by atoms with Gasteiger partial charge in [-0.2, -0.15) is 0 Å². The van der Waals surface area contributed by atoms with Gasteiger partial charge in [-0.05, 0) is 31.0 Å². The van der Waals surface area contributed by atoms with Crippen LogP contribution in [0.15, 0.2) is 24.3 Å². The number of hydrogen-bond acceptors (Lipinski definition) is 4. The van der Waals surface area contributed by atoms with Crippen LogP contribution in [0.4, 0.5) is 4.39 Å². The van der Waals surface area contributed by atoms with E-state index in [1.54, 1.807) is 19.1 Å². The van der Waals surface area contributed by atoms with E-state index in [0.717, 1.165) is 5.56 Å². The fourth-order valence-corrected chi connectivity index (χ4v) is 2.44. The van der Waals surface area contributed by atoms with Gasteiger partial charge < -0.3 is 20.4 Å². The van der Waals surface area contributed by atoms with Gasteiger partial charge in [0.1, 0.15) is 5.82 Å². The molecule has 1 saturated heterocycles. The fraction of sp³-hybridized carbons (Fsp3) is 0.562. The number of benzene rings is 1. The number of carbonyl (C=O) groups is 1. The van der Waals surface area contributed by atoms with E-state index in [-0.39, 0.29) is 11.7 Å². The highest BCUT2D eigenvalue weighted by molar-refractivity contribution is 5.76. The van der Waals surface area contributed by atoms with Gasteiger partial charge in [-0.1, -0.05) is 12.1 Å². The number of likely N-dealkylation sites (tertiary alicyclic amines) is 1. The molecule has 1 fully saturated rings. The van der Waals surface area contributed by atoms with Crippen LogP contribution in [-0.4, -0.2) is 52.4 Å². The van der Waals surface area contributed by atoms with Gasteiger partial charge in [0, 0.05) is 32.6 Å². The first kappa shape index (κ1) is 16.9. The van der Waals surface area contributed by atoms with E-state index in [1.165, 1.54) is 12.1 Å². The van der Waals surface area contributed by atoms with Crippen LogP contribution >= 0.6 is 0 Å². The van der Waals surface area contributed by atoms with E-state index in [9.17, 15) is 19.4 Å². The Morgan fingerprint density at radius 1 is 1.45 bits per heavy atom. The summed E-state index contributed by atoms with van der Waals surface area (Å²) in [7, 11) is 0. The Kier molecular flexibility index (Phi) is 5.50. The quantitative estimate of drug-likeness (QED) is 0.747. The molecule has 1 aromatic rings. The summed E-state index contributed by atoms with van der Waals surface area (Å²) in [5, 5.41) is 22.5.